The zero-order valence-electron chi connectivity index (χ0n) is 15.7. The van der Waals surface area contributed by atoms with Crippen LogP contribution in [0.3, 0.4) is 0 Å². The van der Waals surface area contributed by atoms with Crippen molar-refractivity contribution >= 4 is 29.6 Å². The highest BCUT2D eigenvalue weighted by molar-refractivity contribution is 7.98. The lowest BCUT2D eigenvalue weighted by atomic mass is 10.2. The second-order valence-electron chi connectivity index (χ2n) is 5.88. The van der Waals surface area contributed by atoms with Crippen LogP contribution in [0, 0.1) is 0 Å². The number of benzene rings is 2. The Balaban J connectivity index is 1.67. The molecule has 0 amide bonds. The maximum absolute atomic E-state index is 5.92. The van der Waals surface area contributed by atoms with Gasteiger partial charge in [-0.05, 0) is 47.9 Å². The van der Waals surface area contributed by atoms with E-state index in [-0.39, 0.29) is 0 Å². The molecule has 0 unspecified atom stereocenters. The van der Waals surface area contributed by atoms with Gasteiger partial charge in [-0.1, -0.05) is 42.4 Å². The molecule has 0 spiro atoms. The SMILES string of the molecule is CCCOc1ccc(/C=N\n2cnnc2SCc2ccc(Cl)cc2)cc1OC. The van der Waals surface area contributed by atoms with Crippen LogP contribution >= 0.6 is 23.4 Å². The number of hydrogen-bond acceptors (Lipinski definition) is 6. The molecule has 3 aromatic rings. The Bertz CT molecular complexity index is 928. The van der Waals surface area contributed by atoms with Crippen LogP contribution in [0.25, 0.3) is 0 Å². The first-order chi connectivity index (χ1) is 13.7. The molecule has 0 fully saturated rings. The molecule has 0 radical (unpaired) electrons. The Morgan fingerprint density at radius 1 is 1.18 bits per heavy atom. The van der Waals surface area contributed by atoms with Gasteiger partial charge >= 0.3 is 0 Å². The minimum absolute atomic E-state index is 0.651. The molecule has 1 aromatic heterocycles. The van der Waals surface area contributed by atoms with Crippen LogP contribution in [0.15, 0.2) is 59.0 Å². The number of aromatic nitrogens is 3. The number of rotatable bonds is 9. The summed E-state index contributed by atoms with van der Waals surface area (Å²) in [5, 5.41) is 14.0. The molecule has 146 valence electrons. The molecule has 0 bridgehead atoms. The number of ether oxygens (including phenoxy) is 2. The van der Waals surface area contributed by atoms with Gasteiger partial charge < -0.3 is 9.47 Å². The van der Waals surface area contributed by atoms with Crippen LogP contribution in [-0.2, 0) is 5.75 Å². The third kappa shape index (κ3) is 5.50. The molecule has 0 saturated carbocycles. The van der Waals surface area contributed by atoms with Gasteiger partial charge in [0.2, 0.25) is 5.16 Å². The molecular weight excluding hydrogens is 396 g/mol. The van der Waals surface area contributed by atoms with Gasteiger partial charge in [0.1, 0.15) is 6.33 Å². The second kappa shape index (κ2) is 10.1. The van der Waals surface area contributed by atoms with E-state index in [1.165, 1.54) is 0 Å². The Kier molecular flexibility index (Phi) is 7.33. The largest absolute Gasteiger partial charge is 0.493 e. The Morgan fingerprint density at radius 2 is 2.00 bits per heavy atom. The maximum Gasteiger partial charge on any atom is 0.212 e. The van der Waals surface area contributed by atoms with E-state index in [0.717, 1.165) is 34.1 Å². The third-order valence-electron chi connectivity index (χ3n) is 3.76. The van der Waals surface area contributed by atoms with Crippen molar-refractivity contribution in [3.8, 4) is 11.5 Å². The fourth-order valence-electron chi connectivity index (χ4n) is 2.35. The summed E-state index contributed by atoms with van der Waals surface area (Å²) in [6.45, 7) is 2.72. The normalized spacial score (nSPS) is 11.1. The minimum atomic E-state index is 0.651. The lowest BCUT2D eigenvalue weighted by Gasteiger charge is -2.10. The van der Waals surface area contributed by atoms with Crippen LogP contribution in [-0.4, -0.2) is 34.8 Å². The second-order valence-corrected chi connectivity index (χ2v) is 7.26. The molecular formula is C20H21ClN4O2S. The fraction of sp³-hybridized carbons (Fsp3) is 0.250. The molecule has 6 nitrogen and oxygen atoms in total. The lowest BCUT2D eigenvalue weighted by Crippen LogP contribution is -1.99. The van der Waals surface area contributed by atoms with Gasteiger partial charge in [0, 0.05) is 10.8 Å². The van der Waals surface area contributed by atoms with Crippen molar-refractivity contribution in [2.75, 3.05) is 13.7 Å². The zero-order valence-corrected chi connectivity index (χ0v) is 17.3. The Labute approximate surface area is 173 Å². The smallest absolute Gasteiger partial charge is 0.212 e. The summed E-state index contributed by atoms with van der Waals surface area (Å²) in [5.41, 5.74) is 2.04. The molecule has 0 atom stereocenters. The summed E-state index contributed by atoms with van der Waals surface area (Å²) in [7, 11) is 1.63. The van der Waals surface area contributed by atoms with E-state index in [4.69, 9.17) is 21.1 Å². The van der Waals surface area contributed by atoms with Gasteiger partial charge in [0.15, 0.2) is 11.5 Å². The molecule has 0 aliphatic rings. The van der Waals surface area contributed by atoms with E-state index in [1.807, 2.05) is 42.5 Å². The number of nitrogens with zero attached hydrogens (tertiary/aromatic N) is 4. The van der Waals surface area contributed by atoms with Crippen molar-refractivity contribution < 1.29 is 9.47 Å². The van der Waals surface area contributed by atoms with Gasteiger partial charge in [-0.3, -0.25) is 0 Å². The van der Waals surface area contributed by atoms with Crippen LogP contribution in [0.5, 0.6) is 11.5 Å². The molecule has 3 rings (SSSR count). The van der Waals surface area contributed by atoms with Gasteiger partial charge in [-0.25, -0.2) is 0 Å². The van der Waals surface area contributed by atoms with E-state index in [0.29, 0.717) is 17.5 Å². The average Bonchev–Trinajstić information content (AvgIpc) is 3.18. The highest BCUT2D eigenvalue weighted by atomic mass is 35.5. The van der Waals surface area contributed by atoms with Gasteiger partial charge in [0.05, 0.1) is 19.9 Å². The highest BCUT2D eigenvalue weighted by Gasteiger charge is 2.07. The molecule has 0 saturated heterocycles. The Hall–Kier alpha value is -2.51. The first kappa shape index (κ1) is 20.2. The van der Waals surface area contributed by atoms with E-state index in [9.17, 15) is 0 Å². The fourth-order valence-corrected chi connectivity index (χ4v) is 3.29. The monoisotopic (exact) mass is 416 g/mol. The predicted octanol–water partition coefficient (Wildman–Crippen LogP) is 4.90. The molecule has 28 heavy (non-hydrogen) atoms. The molecule has 0 aliphatic heterocycles. The summed E-state index contributed by atoms with van der Waals surface area (Å²) in [6.07, 6.45) is 4.26. The number of halogens is 1. The number of thioether (sulfide) groups is 1. The van der Waals surface area contributed by atoms with Gasteiger partial charge in [-0.2, -0.15) is 9.78 Å². The standard InChI is InChI=1S/C20H21ClN4O2S/c1-3-10-27-18-9-6-16(11-19(18)26-2)12-23-25-14-22-24-20(25)28-13-15-4-7-17(21)8-5-15/h4-9,11-12,14H,3,10,13H2,1-2H3/b23-12-. The van der Waals surface area contributed by atoms with E-state index < -0.39 is 0 Å². The quantitative estimate of drug-likeness (QED) is 0.366. The third-order valence-corrected chi connectivity index (χ3v) is 5.02. The molecule has 1 heterocycles. The van der Waals surface area contributed by atoms with Crippen molar-refractivity contribution in [3.63, 3.8) is 0 Å². The van der Waals surface area contributed by atoms with Crippen LogP contribution in [0.1, 0.15) is 24.5 Å². The van der Waals surface area contributed by atoms with E-state index in [1.54, 1.807) is 36.1 Å². The van der Waals surface area contributed by atoms with Crippen molar-refractivity contribution in [1.29, 1.82) is 0 Å². The summed E-state index contributed by atoms with van der Waals surface area (Å²) < 4.78 is 12.7. The van der Waals surface area contributed by atoms with Gasteiger partial charge in [0.25, 0.3) is 0 Å². The highest BCUT2D eigenvalue weighted by Crippen LogP contribution is 2.28. The molecule has 0 N–H and O–H groups in total. The van der Waals surface area contributed by atoms with Crippen molar-refractivity contribution in [3.05, 3.63) is 64.9 Å². The van der Waals surface area contributed by atoms with E-state index >= 15 is 0 Å². The first-order valence-corrected chi connectivity index (χ1v) is 10.2. The van der Waals surface area contributed by atoms with Crippen molar-refractivity contribution in [2.45, 2.75) is 24.3 Å². The predicted molar refractivity (Wildman–Crippen MR) is 113 cm³/mol. The average molecular weight is 417 g/mol. The van der Waals surface area contributed by atoms with Crippen molar-refractivity contribution in [2.24, 2.45) is 5.10 Å². The number of hydrogen-bond donors (Lipinski definition) is 0. The van der Waals surface area contributed by atoms with Crippen molar-refractivity contribution in [1.82, 2.24) is 14.9 Å². The van der Waals surface area contributed by atoms with E-state index in [2.05, 4.69) is 22.2 Å². The van der Waals surface area contributed by atoms with Crippen LogP contribution in [0.4, 0.5) is 0 Å². The topological polar surface area (TPSA) is 61.5 Å². The molecule has 8 heteroatoms. The van der Waals surface area contributed by atoms with Crippen LogP contribution in [0.2, 0.25) is 5.02 Å². The summed E-state index contributed by atoms with van der Waals surface area (Å²) >= 11 is 7.48. The molecule has 2 aromatic carbocycles. The Morgan fingerprint density at radius 3 is 2.75 bits per heavy atom. The lowest BCUT2D eigenvalue weighted by molar-refractivity contribution is 0.294. The maximum atomic E-state index is 5.92. The summed E-state index contributed by atoms with van der Waals surface area (Å²) in [6, 6.07) is 13.4. The minimum Gasteiger partial charge on any atom is -0.493 e. The van der Waals surface area contributed by atoms with Crippen LogP contribution < -0.4 is 9.47 Å². The summed E-state index contributed by atoms with van der Waals surface area (Å²) in [5.74, 6) is 2.16. The zero-order chi connectivity index (χ0) is 19.8. The molecule has 0 aliphatic carbocycles. The first-order valence-electron chi connectivity index (χ1n) is 8.82. The summed E-state index contributed by atoms with van der Waals surface area (Å²) in [4.78, 5) is 0. The number of methoxy groups -OCH3 is 1. The van der Waals surface area contributed by atoms with Gasteiger partial charge in [-0.15, -0.1) is 10.2 Å².